The number of amides is 3. The molecule has 0 aliphatic heterocycles. The molecule has 11 nitrogen and oxygen atoms in total. The third-order valence-electron chi connectivity index (χ3n) is 4.76. The van der Waals surface area contributed by atoms with E-state index >= 15 is 0 Å². The van der Waals surface area contributed by atoms with E-state index in [-0.39, 0.29) is 24.3 Å². The van der Waals surface area contributed by atoms with Gasteiger partial charge in [-0.3, -0.25) is 14.4 Å². The minimum absolute atomic E-state index is 0.00658. The first-order valence-corrected chi connectivity index (χ1v) is 9.98. The van der Waals surface area contributed by atoms with Crippen molar-refractivity contribution in [3.05, 3.63) is 59.7 Å². The van der Waals surface area contributed by atoms with Gasteiger partial charge in [-0.15, -0.1) is 0 Å². The molecule has 9 N–H and O–H groups in total. The van der Waals surface area contributed by atoms with E-state index in [0.717, 1.165) is 0 Å². The Balaban J connectivity index is 2.16. The lowest BCUT2D eigenvalue weighted by Crippen LogP contribution is -2.56. The van der Waals surface area contributed by atoms with Gasteiger partial charge in [0, 0.05) is 6.42 Å². The average molecular weight is 458 g/mol. The highest BCUT2D eigenvalue weighted by molar-refractivity contribution is 5.93. The number of nitrogens with one attached hydrogen (secondary N) is 2. The van der Waals surface area contributed by atoms with Gasteiger partial charge in [-0.25, -0.2) is 4.79 Å². The van der Waals surface area contributed by atoms with Gasteiger partial charge in [0.25, 0.3) is 0 Å². The van der Waals surface area contributed by atoms with Crippen LogP contribution in [-0.4, -0.2) is 57.1 Å². The van der Waals surface area contributed by atoms with E-state index in [1.165, 1.54) is 36.4 Å². The molecule has 33 heavy (non-hydrogen) atoms. The van der Waals surface area contributed by atoms with Crippen LogP contribution in [0.2, 0.25) is 0 Å². The number of carboxylic acids is 1. The number of carbonyl (C=O) groups is 4. The summed E-state index contributed by atoms with van der Waals surface area (Å²) in [6.07, 6.45) is -0.535. The number of rotatable bonds is 11. The summed E-state index contributed by atoms with van der Waals surface area (Å²) in [6.45, 7) is 0. The molecule has 0 fully saturated rings. The molecule has 0 spiro atoms. The number of aromatic hydroxyl groups is 2. The van der Waals surface area contributed by atoms with Crippen molar-refractivity contribution >= 4 is 23.7 Å². The lowest BCUT2D eigenvalue weighted by molar-refractivity contribution is -0.143. The van der Waals surface area contributed by atoms with Crippen molar-refractivity contribution in [2.24, 2.45) is 11.5 Å². The normalized spacial score (nSPS) is 13.4. The zero-order valence-corrected chi connectivity index (χ0v) is 17.6. The number of aliphatic carboxylic acids is 1. The highest BCUT2D eigenvalue weighted by Crippen LogP contribution is 2.13. The average Bonchev–Trinajstić information content (AvgIpc) is 2.75. The van der Waals surface area contributed by atoms with Crippen LogP contribution in [0, 0.1) is 0 Å². The minimum Gasteiger partial charge on any atom is -0.508 e. The second-order valence-electron chi connectivity index (χ2n) is 7.48. The molecule has 0 aliphatic rings. The number of hydrogen-bond donors (Lipinski definition) is 7. The third-order valence-corrected chi connectivity index (χ3v) is 4.76. The van der Waals surface area contributed by atoms with Crippen molar-refractivity contribution in [3.8, 4) is 11.5 Å². The second kappa shape index (κ2) is 11.5. The van der Waals surface area contributed by atoms with Crippen LogP contribution < -0.4 is 22.1 Å². The number of primary amides is 1. The number of nitrogens with two attached hydrogens (primary N) is 2. The molecule has 3 atom stereocenters. The first kappa shape index (κ1) is 25.1. The number of phenolic OH excluding ortho intramolecular Hbond substituents is 2. The number of benzene rings is 2. The molecular formula is C22H26N4O7. The monoisotopic (exact) mass is 458 g/mol. The van der Waals surface area contributed by atoms with E-state index in [1.54, 1.807) is 12.1 Å². The molecule has 3 amide bonds. The standard InChI is InChI=1S/C22H26N4O7/c23-16(9-12-1-5-14(27)6-2-12)20(30)25-17(10-13-3-7-15(28)8-4-13)21(31)26-18(22(32)33)11-19(24)29/h1-8,16-18,27-28H,9-11,23H2,(H2,24,29)(H,25,30)(H,26,31)(H,32,33)/t16-,17-,18-/m0/s1. The lowest BCUT2D eigenvalue weighted by atomic mass is 10.0. The summed E-state index contributed by atoms with van der Waals surface area (Å²) in [5.74, 6) is -3.82. The summed E-state index contributed by atoms with van der Waals surface area (Å²) in [5.41, 5.74) is 12.3. The summed E-state index contributed by atoms with van der Waals surface area (Å²) in [7, 11) is 0. The Hall–Kier alpha value is -4.12. The Morgan fingerprint density at radius 1 is 0.758 bits per heavy atom. The molecule has 0 heterocycles. The molecule has 0 radical (unpaired) electrons. The topological polar surface area (TPSA) is 205 Å². The van der Waals surface area contributed by atoms with Gasteiger partial charge in [0.15, 0.2) is 0 Å². The molecule has 2 aromatic carbocycles. The van der Waals surface area contributed by atoms with Gasteiger partial charge < -0.3 is 37.4 Å². The summed E-state index contributed by atoms with van der Waals surface area (Å²) < 4.78 is 0. The SMILES string of the molecule is NC(=O)C[C@H](NC(=O)[C@H](Cc1ccc(O)cc1)NC(=O)[C@@H](N)Cc1ccc(O)cc1)C(=O)O. The van der Waals surface area contributed by atoms with Crippen molar-refractivity contribution in [3.63, 3.8) is 0 Å². The van der Waals surface area contributed by atoms with Gasteiger partial charge in [0.1, 0.15) is 23.6 Å². The van der Waals surface area contributed by atoms with Crippen molar-refractivity contribution < 1.29 is 34.5 Å². The Morgan fingerprint density at radius 3 is 1.67 bits per heavy atom. The molecule has 2 aromatic rings. The molecule has 0 bridgehead atoms. The van der Waals surface area contributed by atoms with Crippen LogP contribution in [0.25, 0.3) is 0 Å². The van der Waals surface area contributed by atoms with E-state index in [1.807, 2.05) is 0 Å². The zero-order valence-electron chi connectivity index (χ0n) is 17.6. The summed E-state index contributed by atoms with van der Waals surface area (Å²) in [5, 5.41) is 32.8. The first-order chi connectivity index (χ1) is 15.5. The number of hydrogen-bond acceptors (Lipinski definition) is 7. The van der Waals surface area contributed by atoms with E-state index in [9.17, 15) is 34.5 Å². The van der Waals surface area contributed by atoms with Gasteiger partial charge in [0.05, 0.1) is 12.5 Å². The molecule has 0 saturated carbocycles. The zero-order chi connectivity index (χ0) is 24.5. The Bertz CT molecular complexity index is 993. The van der Waals surface area contributed by atoms with Crippen LogP contribution in [0.15, 0.2) is 48.5 Å². The Labute approximate surface area is 189 Å². The lowest BCUT2D eigenvalue weighted by Gasteiger charge is -2.23. The van der Waals surface area contributed by atoms with Crippen LogP contribution in [-0.2, 0) is 32.0 Å². The molecule has 0 aliphatic carbocycles. The summed E-state index contributed by atoms with van der Waals surface area (Å²) >= 11 is 0. The molecule has 0 aromatic heterocycles. The Kier molecular flexibility index (Phi) is 8.75. The summed E-state index contributed by atoms with van der Waals surface area (Å²) in [6, 6.07) is 8.15. The predicted molar refractivity (Wildman–Crippen MR) is 117 cm³/mol. The number of carbonyl (C=O) groups excluding carboxylic acids is 3. The van der Waals surface area contributed by atoms with E-state index in [2.05, 4.69) is 10.6 Å². The third kappa shape index (κ3) is 8.15. The van der Waals surface area contributed by atoms with Gasteiger partial charge in [0.2, 0.25) is 17.7 Å². The van der Waals surface area contributed by atoms with Crippen molar-refractivity contribution in [2.75, 3.05) is 0 Å². The van der Waals surface area contributed by atoms with Gasteiger partial charge in [-0.1, -0.05) is 24.3 Å². The van der Waals surface area contributed by atoms with Crippen molar-refractivity contribution in [1.82, 2.24) is 10.6 Å². The van der Waals surface area contributed by atoms with Gasteiger partial charge >= 0.3 is 5.97 Å². The van der Waals surface area contributed by atoms with Crippen LogP contribution in [0.1, 0.15) is 17.5 Å². The molecule has 2 rings (SSSR count). The quantitative estimate of drug-likeness (QED) is 0.225. The van der Waals surface area contributed by atoms with Crippen LogP contribution in [0.3, 0.4) is 0 Å². The maximum Gasteiger partial charge on any atom is 0.326 e. The van der Waals surface area contributed by atoms with Crippen LogP contribution >= 0.6 is 0 Å². The fourth-order valence-electron chi connectivity index (χ4n) is 3.01. The van der Waals surface area contributed by atoms with Crippen LogP contribution in [0.5, 0.6) is 11.5 Å². The number of phenols is 2. The van der Waals surface area contributed by atoms with Crippen LogP contribution in [0.4, 0.5) is 0 Å². The fraction of sp³-hybridized carbons (Fsp3) is 0.273. The second-order valence-corrected chi connectivity index (χ2v) is 7.48. The molecular weight excluding hydrogens is 432 g/mol. The minimum atomic E-state index is -1.57. The smallest absolute Gasteiger partial charge is 0.326 e. The molecule has 0 saturated heterocycles. The molecule has 176 valence electrons. The Morgan fingerprint density at radius 2 is 1.21 bits per heavy atom. The molecule has 11 heteroatoms. The van der Waals surface area contributed by atoms with E-state index in [0.29, 0.717) is 11.1 Å². The summed E-state index contributed by atoms with van der Waals surface area (Å²) in [4.78, 5) is 48.0. The van der Waals surface area contributed by atoms with Crippen molar-refractivity contribution in [2.45, 2.75) is 37.4 Å². The fourth-order valence-corrected chi connectivity index (χ4v) is 3.01. The van der Waals surface area contributed by atoms with Gasteiger partial charge in [-0.2, -0.15) is 0 Å². The highest BCUT2D eigenvalue weighted by Gasteiger charge is 2.29. The predicted octanol–water partition coefficient (Wildman–Crippen LogP) is -0.860. The van der Waals surface area contributed by atoms with Gasteiger partial charge in [-0.05, 0) is 41.8 Å². The van der Waals surface area contributed by atoms with E-state index in [4.69, 9.17) is 11.5 Å². The van der Waals surface area contributed by atoms with E-state index < -0.39 is 48.2 Å². The van der Waals surface area contributed by atoms with Crippen molar-refractivity contribution in [1.29, 1.82) is 0 Å². The highest BCUT2D eigenvalue weighted by atomic mass is 16.4. The molecule has 0 unspecified atom stereocenters. The maximum absolute atomic E-state index is 12.8. The first-order valence-electron chi connectivity index (χ1n) is 9.98. The largest absolute Gasteiger partial charge is 0.508 e. The number of carboxylic acid groups (broad SMARTS) is 1. The maximum atomic E-state index is 12.8.